The Balaban J connectivity index is 1.33. The third-order valence-corrected chi connectivity index (χ3v) is 7.26. The highest BCUT2D eigenvalue weighted by Crippen LogP contribution is 2.40. The van der Waals surface area contributed by atoms with Crippen LogP contribution in [0.1, 0.15) is 36.1 Å². The quantitative estimate of drug-likeness (QED) is 0.130. The van der Waals surface area contributed by atoms with Crippen molar-refractivity contribution in [2.24, 2.45) is 5.11 Å². The van der Waals surface area contributed by atoms with E-state index in [0.29, 0.717) is 19.8 Å². The van der Waals surface area contributed by atoms with Crippen molar-refractivity contribution in [2.45, 2.75) is 76.7 Å². The Labute approximate surface area is 246 Å². The molecule has 5 atom stereocenters. The molecule has 42 heavy (non-hydrogen) atoms. The lowest BCUT2D eigenvalue weighted by Crippen LogP contribution is -2.45. The number of fused-ring (bicyclic) bond motifs is 1. The van der Waals surface area contributed by atoms with Crippen LogP contribution in [0.25, 0.3) is 10.4 Å². The number of rotatable bonds is 14. The third kappa shape index (κ3) is 7.67. The molecule has 3 aromatic rings. The van der Waals surface area contributed by atoms with Gasteiger partial charge in [0.15, 0.2) is 12.1 Å². The van der Waals surface area contributed by atoms with Crippen molar-refractivity contribution in [3.05, 3.63) is 112 Å². The van der Waals surface area contributed by atoms with E-state index in [-0.39, 0.29) is 13.2 Å². The van der Waals surface area contributed by atoms with Gasteiger partial charge in [-0.25, -0.2) is 0 Å². The maximum absolute atomic E-state index is 8.77. The number of hydrogen-bond donors (Lipinski definition) is 0. The Morgan fingerprint density at radius 1 is 0.881 bits per heavy atom. The van der Waals surface area contributed by atoms with Gasteiger partial charge >= 0.3 is 0 Å². The van der Waals surface area contributed by atoms with Crippen molar-refractivity contribution in [3.8, 4) is 5.75 Å². The van der Waals surface area contributed by atoms with Gasteiger partial charge in [0, 0.05) is 4.91 Å². The minimum Gasteiger partial charge on any atom is -0.497 e. The first-order valence-corrected chi connectivity index (χ1v) is 14.0. The van der Waals surface area contributed by atoms with Crippen molar-refractivity contribution in [2.75, 3.05) is 13.7 Å². The fourth-order valence-corrected chi connectivity index (χ4v) is 5.17. The summed E-state index contributed by atoms with van der Waals surface area (Å²) in [5.74, 6) is -0.0171. The molecule has 0 spiro atoms. The number of methoxy groups -OCH3 is 1. The summed E-state index contributed by atoms with van der Waals surface area (Å²) in [6.45, 7) is 5.25. The average molecular weight is 576 g/mol. The number of azide groups is 1. The summed E-state index contributed by atoms with van der Waals surface area (Å²) in [5.41, 5.74) is 12.6. The zero-order chi connectivity index (χ0) is 29.4. The molecular formula is C32H37N3O7. The monoisotopic (exact) mass is 575 g/mol. The van der Waals surface area contributed by atoms with Crippen LogP contribution in [0.3, 0.4) is 0 Å². The topological polar surface area (TPSA) is 113 Å². The van der Waals surface area contributed by atoms with E-state index in [4.69, 9.17) is 38.7 Å². The first-order valence-electron chi connectivity index (χ1n) is 14.0. The van der Waals surface area contributed by atoms with E-state index in [0.717, 1.165) is 28.0 Å². The molecule has 0 bridgehead atoms. The van der Waals surface area contributed by atoms with Gasteiger partial charge in [-0.15, -0.1) is 0 Å². The molecule has 3 aromatic carbocycles. The zero-order valence-corrected chi connectivity index (χ0v) is 24.1. The second-order valence-electron chi connectivity index (χ2n) is 10.7. The predicted molar refractivity (Wildman–Crippen MR) is 154 cm³/mol. The van der Waals surface area contributed by atoms with Crippen LogP contribution in [0.15, 0.2) is 84.0 Å². The van der Waals surface area contributed by atoms with Gasteiger partial charge in [-0.2, -0.15) is 0 Å². The molecule has 2 aliphatic heterocycles. The fraction of sp³-hybridized carbons (Fsp3) is 0.438. The number of nitrogens with zero attached hydrogens (tertiary/aromatic N) is 3. The lowest BCUT2D eigenvalue weighted by Gasteiger charge is -2.31. The molecule has 0 amide bonds. The SMILES string of the molecule is COc1ccc(CO[C@H](COCc2ccccc2CN=[N+]=[N-])[C@H]2O[C@@H]3OC(C)(C)O[C@@H]3[C@H]2OCc2ccccc2)cc1. The zero-order valence-electron chi connectivity index (χ0n) is 24.1. The van der Waals surface area contributed by atoms with Gasteiger partial charge < -0.3 is 33.2 Å². The molecule has 0 saturated carbocycles. The van der Waals surface area contributed by atoms with E-state index in [9.17, 15) is 0 Å². The van der Waals surface area contributed by atoms with Gasteiger partial charge in [0.2, 0.25) is 0 Å². The Morgan fingerprint density at radius 2 is 1.60 bits per heavy atom. The highest BCUT2D eigenvalue weighted by Gasteiger charge is 2.57. The summed E-state index contributed by atoms with van der Waals surface area (Å²) < 4.78 is 43.2. The molecule has 2 fully saturated rings. The van der Waals surface area contributed by atoms with Crippen molar-refractivity contribution in [3.63, 3.8) is 0 Å². The van der Waals surface area contributed by atoms with Gasteiger partial charge in [0.05, 0.1) is 40.1 Å². The van der Waals surface area contributed by atoms with Crippen LogP contribution in [0.2, 0.25) is 0 Å². The van der Waals surface area contributed by atoms with Crippen LogP contribution in [0.5, 0.6) is 5.75 Å². The molecule has 2 aliphatic rings. The predicted octanol–water partition coefficient (Wildman–Crippen LogP) is 6.07. The minimum absolute atomic E-state index is 0.227. The van der Waals surface area contributed by atoms with E-state index in [2.05, 4.69) is 10.0 Å². The summed E-state index contributed by atoms with van der Waals surface area (Å²) in [7, 11) is 1.64. The smallest absolute Gasteiger partial charge is 0.190 e. The van der Waals surface area contributed by atoms with Crippen LogP contribution >= 0.6 is 0 Å². The Bertz CT molecular complexity index is 1330. The van der Waals surface area contributed by atoms with Crippen LogP contribution in [0.4, 0.5) is 0 Å². The molecule has 0 aromatic heterocycles. The first kappa shape index (κ1) is 30.0. The van der Waals surface area contributed by atoms with Crippen molar-refractivity contribution >= 4 is 0 Å². The van der Waals surface area contributed by atoms with Crippen molar-refractivity contribution in [1.82, 2.24) is 0 Å². The van der Waals surface area contributed by atoms with E-state index < -0.39 is 36.5 Å². The summed E-state index contributed by atoms with van der Waals surface area (Å²) in [5, 5.41) is 3.71. The highest BCUT2D eigenvalue weighted by molar-refractivity contribution is 5.27. The van der Waals surface area contributed by atoms with Gasteiger partial charge in [0.25, 0.3) is 0 Å². The number of ether oxygens (including phenoxy) is 7. The normalized spacial score (nSPS) is 23.2. The fourth-order valence-electron chi connectivity index (χ4n) is 5.17. The lowest BCUT2D eigenvalue weighted by atomic mass is 10.1. The first-order chi connectivity index (χ1) is 20.5. The van der Waals surface area contributed by atoms with Crippen LogP contribution in [-0.4, -0.2) is 50.2 Å². The second-order valence-corrected chi connectivity index (χ2v) is 10.7. The second kappa shape index (κ2) is 14.1. The minimum atomic E-state index is -0.791. The third-order valence-electron chi connectivity index (χ3n) is 7.26. The molecule has 2 saturated heterocycles. The molecule has 5 rings (SSSR count). The van der Waals surface area contributed by atoms with Gasteiger partial charge in [0.1, 0.15) is 30.2 Å². The summed E-state index contributed by atoms with van der Waals surface area (Å²) in [6.07, 6.45) is -2.50. The van der Waals surface area contributed by atoms with Gasteiger partial charge in [-0.3, -0.25) is 0 Å². The molecule has 10 heteroatoms. The van der Waals surface area contributed by atoms with Crippen molar-refractivity contribution < 1.29 is 33.2 Å². The van der Waals surface area contributed by atoms with Crippen molar-refractivity contribution in [1.29, 1.82) is 0 Å². The molecule has 2 heterocycles. The highest BCUT2D eigenvalue weighted by atomic mass is 16.8. The van der Waals surface area contributed by atoms with Crippen LogP contribution in [0, 0.1) is 0 Å². The van der Waals surface area contributed by atoms with Crippen LogP contribution in [-0.2, 0) is 54.8 Å². The largest absolute Gasteiger partial charge is 0.497 e. The molecule has 0 aliphatic carbocycles. The molecule has 0 unspecified atom stereocenters. The Morgan fingerprint density at radius 3 is 2.33 bits per heavy atom. The summed E-state index contributed by atoms with van der Waals surface area (Å²) in [6, 6.07) is 25.4. The number of benzene rings is 3. The summed E-state index contributed by atoms with van der Waals surface area (Å²) in [4.78, 5) is 2.88. The average Bonchev–Trinajstić information content (AvgIpc) is 3.49. The van der Waals surface area contributed by atoms with Crippen LogP contribution < -0.4 is 4.74 Å². The van der Waals surface area contributed by atoms with Gasteiger partial charge in [-0.1, -0.05) is 71.8 Å². The molecular weight excluding hydrogens is 538 g/mol. The van der Waals surface area contributed by atoms with E-state index in [1.807, 2.05) is 92.7 Å². The molecule has 0 N–H and O–H groups in total. The summed E-state index contributed by atoms with van der Waals surface area (Å²) >= 11 is 0. The van der Waals surface area contributed by atoms with E-state index >= 15 is 0 Å². The Kier molecular flexibility index (Phi) is 10.1. The number of hydrogen-bond acceptors (Lipinski definition) is 8. The molecule has 0 radical (unpaired) electrons. The van der Waals surface area contributed by atoms with E-state index in [1.54, 1.807) is 7.11 Å². The van der Waals surface area contributed by atoms with E-state index in [1.165, 1.54) is 0 Å². The van der Waals surface area contributed by atoms with Gasteiger partial charge in [-0.05, 0) is 53.8 Å². The lowest BCUT2D eigenvalue weighted by molar-refractivity contribution is -0.238. The maximum atomic E-state index is 8.77. The Hall–Kier alpha value is -3.47. The maximum Gasteiger partial charge on any atom is 0.190 e. The molecule has 222 valence electrons. The molecule has 10 nitrogen and oxygen atoms in total. The standard InChI is InChI=1S/C32H37N3O7/c1-32(2)41-30-29(39-19-22-9-5-4-6-10-22)28(40-31(30)42-32)27(38-18-23-13-15-26(36-3)16-14-23)21-37-20-25-12-8-7-11-24(25)17-34-35-33/h4-16,27-31H,17-21H2,1-3H3/t27-,28-,29+,30-,31-/m1/s1.